The van der Waals surface area contributed by atoms with E-state index in [1.54, 1.807) is 6.33 Å². The van der Waals surface area contributed by atoms with Gasteiger partial charge in [0.1, 0.15) is 18.0 Å². The largest absolute Gasteiger partial charge is 0.355 e. The molecule has 6 nitrogen and oxygen atoms in total. The van der Waals surface area contributed by atoms with Crippen molar-refractivity contribution < 1.29 is 4.79 Å². The Hall–Kier alpha value is -1.50. The Morgan fingerprint density at radius 2 is 1.56 bits per heavy atom. The van der Waals surface area contributed by atoms with Crippen LogP contribution in [0.2, 0.25) is 0 Å². The third-order valence-electron chi connectivity index (χ3n) is 6.12. The van der Waals surface area contributed by atoms with E-state index in [0.717, 1.165) is 57.3 Å². The highest BCUT2D eigenvalue weighted by Gasteiger charge is 2.25. The topological polar surface area (TPSA) is 52.6 Å². The minimum Gasteiger partial charge on any atom is -0.355 e. The molecule has 0 N–H and O–H groups in total. The lowest BCUT2D eigenvalue weighted by molar-refractivity contribution is -0.132. The van der Waals surface area contributed by atoms with Crippen molar-refractivity contribution in [3.05, 3.63) is 12.4 Å². The van der Waals surface area contributed by atoms with Gasteiger partial charge in [0.15, 0.2) is 0 Å². The Labute approximate surface area is 166 Å². The average Bonchev–Trinajstić information content (AvgIpc) is 2.75. The summed E-state index contributed by atoms with van der Waals surface area (Å²) in [6.07, 6.45) is 8.88. The Balaban J connectivity index is 1.30. The molecule has 148 valence electrons. The molecule has 2 saturated heterocycles. The predicted molar refractivity (Wildman–Crippen MR) is 112 cm³/mol. The second kappa shape index (κ2) is 9.13. The van der Waals surface area contributed by atoms with Crippen molar-refractivity contribution >= 4 is 29.3 Å². The number of nitrogens with zero attached hydrogens (tertiary/aromatic N) is 5. The molecule has 3 heterocycles. The maximum absolute atomic E-state index is 12.6. The molecule has 2 aliphatic heterocycles. The molecule has 1 aliphatic carbocycles. The summed E-state index contributed by atoms with van der Waals surface area (Å²) in [6.45, 7) is 5.47. The van der Waals surface area contributed by atoms with Gasteiger partial charge in [0, 0.05) is 63.3 Å². The number of anilines is 2. The summed E-state index contributed by atoms with van der Waals surface area (Å²) >= 11 is 2.01. The van der Waals surface area contributed by atoms with E-state index in [4.69, 9.17) is 0 Å². The molecule has 3 fully saturated rings. The molecule has 0 aromatic carbocycles. The van der Waals surface area contributed by atoms with Gasteiger partial charge in [-0.2, -0.15) is 11.8 Å². The van der Waals surface area contributed by atoms with E-state index in [9.17, 15) is 4.79 Å². The predicted octanol–water partition coefficient (Wildman–Crippen LogP) is 2.65. The average molecular weight is 390 g/mol. The zero-order valence-electron chi connectivity index (χ0n) is 16.2. The van der Waals surface area contributed by atoms with Gasteiger partial charge in [-0.25, -0.2) is 9.97 Å². The molecule has 0 bridgehead atoms. The van der Waals surface area contributed by atoms with Gasteiger partial charge in [0.25, 0.3) is 0 Å². The third kappa shape index (κ3) is 4.86. The summed E-state index contributed by atoms with van der Waals surface area (Å²) in [5.74, 6) is 5.35. The SMILES string of the molecule is O=C(CC1CCCCC1)N1CCN(c2cc(N3CCSCC3)ncn2)CC1. The quantitative estimate of drug-likeness (QED) is 0.789. The van der Waals surface area contributed by atoms with Crippen molar-refractivity contribution in [2.45, 2.75) is 38.5 Å². The molecule has 1 amide bonds. The number of thioether (sulfide) groups is 1. The summed E-state index contributed by atoms with van der Waals surface area (Å²) in [6, 6.07) is 2.12. The van der Waals surface area contributed by atoms with Crippen LogP contribution >= 0.6 is 11.8 Å². The first-order valence-corrected chi connectivity index (χ1v) is 11.6. The molecular weight excluding hydrogens is 358 g/mol. The van der Waals surface area contributed by atoms with E-state index in [0.29, 0.717) is 11.8 Å². The Kier molecular flexibility index (Phi) is 6.37. The minimum absolute atomic E-state index is 0.357. The number of hydrogen-bond donors (Lipinski definition) is 0. The van der Waals surface area contributed by atoms with Crippen LogP contribution in [-0.4, -0.2) is 71.5 Å². The molecule has 1 aromatic rings. The molecule has 1 aromatic heterocycles. The highest BCUT2D eigenvalue weighted by Crippen LogP contribution is 2.27. The van der Waals surface area contributed by atoms with Crippen LogP contribution in [0.15, 0.2) is 12.4 Å². The summed E-state index contributed by atoms with van der Waals surface area (Å²) in [5.41, 5.74) is 0. The second-order valence-electron chi connectivity index (χ2n) is 7.91. The van der Waals surface area contributed by atoms with Gasteiger partial charge in [-0.05, 0) is 18.8 Å². The van der Waals surface area contributed by atoms with E-state index in [1.165, 1.54) is 43.6 Å². The molecule has 0 atom stereocenters. The van der Waals surface area contributed by atoms with Crippen LogP contribution in [0.3, 0.4) is 0 Å². The smallest absolute Gasteiger partial charge is 0.222 e. The fraction of sp³-hybridized carbons (Fsp3) is 0.750. The van der Waals surface area contributed by atoms with Crippen LogP contribution < -0.4 is 9.80 Å². The molecular formula is C20H31N5OS. The molecule has 0 unspecified atom stereocenters. The maximum atomic E-state index is 12.6. The second-order valence-corrected chi connectivity index (χ2v) is 9.13. The summed E-state index contributed by atoms with van der Waals surface area (Å²) in [4.78, 5) is 28.3. The van der Waals surface area contributed by atoms with Crippen molar-refractivity contribution in [3.8, 4) is 0 Å². The molecule has 27 heavy (non-hydrogen) atoms. The van der Waals surface area contributed by atoms with E-state index >= 15 is 0 Å². The fourth-order valence-corrected chi connectivity index (χ4v) is 5.33. The zero-order chi connectivity index (χ0) is 18.5. The van der Waals surface area contributed by atoms with Crippen LogP contribution in [0.4, 0.5) is 11.6 Å². The number of carbonyl (C=O) groups excluding carboxylic acids is 1. The summed E-state index contributed by atoms with van der Waals surface area (Å²) < 4.78 is 0. The summed E-state index contributed by atoms with van der Waals surface area (Å²) in [7, 11) is 0. The van der Waals surface area contributed by atoms with Gasteiger partial charge in [-0.1, -0.05) is 19.3 Å². The molecule has 0 radical (unpaired) electrons. The fourth-order valence-electron chi connectivity index (χ4n) is 4.43. The van der Waals surface area contributed by atoms with E-state index in [2.05, 4.69) is 30.7 Å². The number of rotatable bonds is 4. The van der Waals surface area contributed by atoms with Crippen molar-refractivity contribution in [2.75, 3.05) is 60.6 Å². The Bertz CT molecular complexity index is 623. The van der Waals surface area contributed by atoms with Gasteiger partial charge in [0.05, 0.1) is 0 Å². The van der Waals surface area contributed by atoms with Crippen LogP contribution in [0.5, 0.6) is 0 Å². The van der Waals surface area contributed by atoms with Crippen LogP contribution in [0, 0.1) is 5.92 Å². The van der Waals surface area contributed by atoms with E-state index in [1.807, 2.05) is 11.8 Å². The first-order chi connectivity index (χ1) is 13.3. The number of carbonyl (C=O) groups is 1. The monoisotopic (exact) mass is 389 g/mol. The molecule has 7 heteroatoms. The van der Waals surface area contributed by atoms with Crippen molar-refractivity contribution in [3.63, 3.8) is 0 Å². The zero-order valence-corrected chi connectivity index (χ0v) is 17.0. The van der Waals surface area contributed by atoms with Crippen LogP contribution in [-0.2, 0) is 4.79 Å². The minimum atomic E-state index is 0.357. The third-order valence-corrected chi connectivity index (χ3v) is 7.06. The molecule has 1 saturated carbocycles. The lowest BCUT2D eigenvalue weighted by Gasteiger charge is -2.36. The molecule has 3 aliphatic rings. The van der Waals surface area contributed by atoms with Gasteiger partial charge in [0.2, 0.25) is 5.91 Å². The Morgan fingerprint density at radius 1 is 0.926 bits per heavy atom. The van der Waals surface area contributed by atoms with Gasteiger partial charge in [-0.3, -0.25) is 4.79 Å². The van der Waals surface area contributed by atoms with E-state index in [-0.39, 0.29) is 0 Å². The normalized spacial score (nSPS) is 22.1. The Morgan fingerprint density at radius 3 is 2.22 bits per heavy atom. The van der Waals surface area contributed by atoms with Gasteiger partial charge < -0.3 is 14.7 Å². The lowest BCUT2D eigenvalue weighted by Crippen LogP contribution is -2.49. The standard InChI is InChI=1S/C20H31N5OS/c26-20(14-17-4-2-1-3-5-17)25-8-6-23(7-9-25)18-15-19(22-16-21-18)24-10-12-27-13-11-24/h15-17H,1-14H2. The molecule has 0 spiro atoms. The van der Waals surface area contributed by atoms with Crippen LogP contribution in [0.25, 0.3) is 0 Å². The number of amides is 1. The van der Waals surface area contributed by atoms with E-state index < -0.39 is 0 Å². The van der Waals surface area contributed by atoms with Crippen LogP contribution in [0.1, 0.15) is 38.5 Å². The van der Waals surface area contributed by atoms with Gasteiger partial charge >= 0.3 is 0 Å². The summed E-state index contributed by atoms with van der Waals surface area (Å²) in [5, 5.41) is 0. The highest BCUT2D eigenvalue weighted by molar-refractivity contribution is 7.99. The molecule has 4 rings (SSSR count). The first-order valence-electron chi connectivity index (χ1n) is 10.5. The van der Waals surface area contributed by atoms with Gasteiger partial charge in [-0.15, -0.1) is 0 Å². The number of hydrogen-bond acceptors (Lipinski definition) is 6. The van der Waals surface area contributed by atoms with Crippen molar-refractivity contribution in [1.29, 1.82) is 0 Å². The maximum Gasteiger partial charge on any atom is 0.222 e. The lowest BCUT2D eigenvalue weighted by atomic mass is 9.86. The van der Waals surface area contributed by atoms with Crippen molar-refractivity contribution in [1.82, 2.24) is 14.9 Å². The number of aromatic nitrogens is 2. The van der Waals surface area contributed by atoms with Crippen molar-refractivity contribution in [2.24, 2.45) is 5.92 Å². The first kappa shape index (κ1) is 18.8. The number of piperazine rings is 1. The highest BCUT2D eigenvalue weighted by atomic mass is 32.2.